The Labute approximate surface area is 135 Å². The second kappa shape index (κ2) is 7.60. The van der Waals surface area contributed by atoms with Crippen molar-refractivity contribution in [3.8, 4) is 0 Å². The van der Waals surface area contributed by atoms with Crippen LogP contribution in [-0.4, -0.2) is 29.1 Å². The van der Waals surface area contributed by atoms with Gasteiger partial charge >= 0.3 is 5.97 Å². The van der Waals surface area contributed by atoms with Gasteiger partial charge in [-0.3, -0.25) is 4.79 Å². The van der Waals surface area contributed by atoms with Gasteiger partial charge in [0.15, 0.2) is 0 Å². The van der Waals surface area contributed by atoms with Crippen molar-refractivity contribution in [2.75, 3.05) is 11.9 Å². The van der Waals surface area contributed by atoms with Gasteiger partial charge in [-0.1, -0.05) is 30.3 Å². The molecule has 122 valence electrons. The number of nitrogens with zero attached hydrogens (tertiary/aromatic N) is 1. The summed E-state index contributed by atoms with van der Waals surface area (Å²) in [5, 5.41) is 2.73. The number of hydrogen-bond acceptors (Lipinski definition) is 4. The van der Waals surface area contributed by atoms with Crippen molar-refractivity contribution in [3.05, 3.63) is 53.9 Å². The van der Waals surface area contributed by atoms with Crippen molar-refractivity contribution in [1.82, 2.24) is 4.57 Å². The van der Waals surface area contributed by atoms with Crippen molar-refractivity contribution >= 4 is 17.6 Å². The van der Waals surface area contributed by atoms with E-state index in [1.54, 1.807) is 30.8 Å². The number of carbonyl (C=O) groups excluding carboxylic acids is 2. The third kappa shape index (κ3) is 4.43. The zero-order valence-corrected chi connectivity index (χ0v) is 13.3. The molecule has 0 saturated heterocycles. The van der Waals surface area contributed by atoms with E-state index >= 15 is 0 Å². The second-order valence-electron chi connectivity index (χ2n) is 5.23. The van der Waals surface area contributed by atoms with Crippen LogP contribution in [-0.2, 0) is 23.0 Å². The molecule has 6 heteroatoms. The lowest BCUT2D eigenvalue weighted by atomic mass is 10.1. The Morgan fingerprint density at radius 1 is 1.30 bits per heavy atom. The van der Waals surface area contributed by atoms with E-state index in [1.165, 1.54) is 0 Å². The molecule has 6 nitrogen and oxygen atoms in total. The number of benzene rings is 1. The zero-order chi connectivity index (χ0) is 16.8. The molecule has 0 aliphatic heterocycles. The lowest BCUT2D eigenvalue weighted by molar-refractivity contribution is -0.117. The van der Waals surface area contributed by atoms with Gasteiger partial charge in [0.2, 0.25) is 5.91 Å². The maximum Gasteiger partial charge on any atom is 0.355 e. The Morgan fingerprint density at radius 2 is 2.00 bits per heavy atom. The maximum absolute atomic E-state index is 12.2. The van der Waals surface area contributed by atoms with E-state index < -0.39 is 12.0 Å². The van der Waals surface area contributed by atoms with Crippen LogP contribution in [0.5, 0.6) is 0 Å². The summed E-state index contributed by atoms with van der Waals surface area (Å²) < 4.78 is 6.56. The quantitative estimate of drug-likeness (QED) is 0.795. The fourth-order valence-corrected chi connectivity index (χ4v) is 2.24. The fourth-order valence-electron chi connectivity index (χ4n) is 2.24. The zero-order valence-electron chi connectivity index (χ0n) is 13.3. The molecule has 3 N–H and O–H groups in total. The van der Waals surface area contributed by atoms with Crippen molar-refractivity contribution < 1.29 is 14.3 Å². The molecule has 0 radical (unpaired) electrons. The largest absolute Gasteiger partial charge is 0.461 e. The summed E-state index contributed by atoms with van der Waals surface area (Å²) in [6.07, 6.45) is 2.10. The number of aryl methyl sites for hydroxylation is 1. The number of amides is 1. The minimum absolute atomic E-state index is 0.296. The number of esters is 1. The molecule has 0 unspecified atom stereocenters. The third-order valence-electron chi connectivity index (χ3n) is 3.39. The molecule has 1 atom stereocenters. The van der Waals surface area contributed by atoms with Crippen LogP contribution in [0.15, 0.2) is 42.6 Å². The van der Waals surface area contributed by atoms with Crippen LogP contribution in [0.2, 0.25) is 0 Å². The Balaban J connectivity index is 2.00. The minimum atomic E-state index is -0.663. The van der Waals surface area contributed by atoms with Crippen LogP contribution in [0, 0.1) is 0 Å². The van der Waals surface area contributed by atoms with Crippen molar-refractivity contribution in [3.63, 3.8) is 0 Å². The van der Waals surface area contributed by atoms with Gasteiger partial charge in [0.1, 0.15) is 5.69 Å². The van der Waals surface area contributed by atoms with Gasteiger partial charge in [0, 0.05) is 13.2 Å². The number of nitrogens with two attached hydrogens (primary N) is 1. The Bertz CT molecular complexity index is 680. The highest BCUT2D eigenvalue weighted by molar-refractivity contribution is 5.96. The smallest absolute Gasteiger partial charge is 0.355 e. The van der Waals surface area contributed by atoms with Crippen molar-refractivity contribution in [2.45, 2.75) is 19.4 Å². The molecule has 1 amide bonds. The molecule has 23 heavy (non-hydrogen) atoms. The van der Waals surface area contributed by atoms with E-state index in [0.29, 0.717) is 24.4 Å². The first-order chi connectivity index (χ1) is 11.0. The average molecular weight is 315 g/mol. The molecular weight excluding hydrogens is 294 g/mol. The number of hydrogen-bond donors (Lipinski definition) is 2. The SMILES string of the molecule is CCOC(=O)c1cc(NC(=O)[C@@H](N)Cc2ccccc2)cn1C. The fraction of sp³-hybridized carbons (Fsp3) is 0.294. The van der Waals surface area contributed by atoms with Crippen LogP contribution in [0.1, 0.15) is 23.0 Å². The molecule has 0 aliphatic rings. The van der Waals surface area contributed by atoms with Crippen molar-refractivity contribution in [1.29, 1.82) is 0 Å². The number of rotatable bonds is 6. The van der Waals surface area contributed by atoms with Crippen LogP contribution in [0.3, 0.4) is 0 Å². The van der Waals surface area contributed by atoms with Gasteiger partial charge in [-0.2, -0.15) is 0 Å². The van der Waals surface area contributed by atoms with Gasteiger partial charge < -0.3 is 20.4 Å². The molecule has 0 saturated carbocycles. The lowest BCUT2D eigenvalue weighted by Gasteiger charge is -2.11. The highest BCUT2D eigenvalue weighted by atomic mass is 16.5. The molecule has 1 aromatic heterocycles. The van der Waals surface area contributed by atoms with Crippen molar-refractivity contribution in [2.24, 2.45) is 12.8 Å². The van der Waals surface area contributed by atoms with E-state index in [2.05, 4.69) is 5.32 Å². The van der Waals surface area contributed by atoms with E-state index in [9.17, 15) is 9.59 Å². The van der Waals surface area contributed by atoms with Gasteiger partial charge in [-0.25, -0.2) is 4.79 Å². The van der Waals surface area contributed by atoms with Crippen LogP contribution in [0.4, 0.5) is 5.69 Å². The molecule has 0 aliphatic carbocycles. The number of anilines is 1. The summed E-state index contributed by atoms with van der Waals surface area (Å²) in [7, 11) is 1.71. The van der Waals surface area contributed by atoms with E-state index in [1.807, 2.05) is 30.3 Å². The molecule has 1 heterocycles. The van der Waals surface area contributed by atoms with Crippen LogP contribution < -0.4 is 11.1 Å². The maximum atomic E-state index is 12.2. The summed E-state index contributed by atoms with van der Waals surface area (Å²) in [6.45, 7) is 2.04. The minimum Gasteiger partial charge on any atom is -0.461 e. The normalized spacial score (nSPS) is 11.8. The van der Waals surface area contributed by atoms with Crippen LogP contribution >= 0.6 is 0 Å². The topological polar surface area (TPSA) is 86.3 Å². The Morgan fingerprint density at radius 3 is 2.65 bits per heavy atom. The van der Waals surface area contributed by atoms with Gasteiger partial charge in [-0.05, 0) is 25.0 Å². The molecule has 0 fully saturated rings. The van der Waals surface area contributed by atoms with E-state index in [0.717, 1.165) is 5.56 Å². The van der Waals surface area contributed by atoms with Gasteiger partial charge in [-0.15, -0.1) is 0 Å². The van der Waals surface area contributed by atoms with Crippen LogP contribution in [0.25, 0.3) is 0 Å². The van der Waals surface area contributed by atoms with Gasteiger partial charge in [0.25, 0.3) is 0 Å². The molecule has 0 bridgehead atoms. The summed E-state index contributed by atoms with van der Waals surface area (Å²) in [5.74, 6) is -0.723. The summed E-state index contributed by atoms with van der Waals surface area (Å²) in [5.41, 5.74) is 7.83. The standard InChI is InChI=1S/C17H21N3O3/c1-3-23-17(22)15-10-13(11-20(15)2)19-16(21)14(18)9-12-7-5-4-6-8-12/h4-8,10-11,14H,3,9,18H2,1-2H3,(H,19,21)/t14-/m0/s1. The second-order valence-corrected chi connectivity index (χ2v) is 5.23. The highest BCUT2D eigenvalue weighted by Crippen LogP contribution is 2.14. The lowest BCUT2D eigenvalue weighted by Crippen LogP contribution is -2.37. The molecular formula is C17H21N3O3. The number of aromatic nitrogens is 1. The first-order valence-electron chi connectivity index (χ1n) is 7.45. The average Bonchev–Trinajstić information content (AvgIpc) is 2.89. The summed E-state index contributed by atoms with van der Waals surface area (Å²) >= 11 is 0. The summed E-state index contributed by atoms with van der Waals surface area (Å²) in [6, 6.07) is 10.5. The highest BCUT2D eigenvalue weighted by Gasteiger charge is 2.17. The molecule has 2 rings (SSSR count). The van der Waals surface area contributed by atoms with E-state index in [4.69, 9.17) is 10.5 Å². The predicted octanol–water partition coefficient (Wildman–Crippen LogP) is 1.71. The van der Waals surface area contributed by atoms with Gasteiger partial charge in [0.05, 0.1) is 18.3 Å². The summed E-state index contributed by atoms with van der Waals surface area (Å²) in [4.78, 5) is 23.9. The Hall–Kier alpha value is -2.60. The monoisotopic (exact) mass is 315 g/mol. The first kappa shape index (κ1) is 16.8. The third-order valence-corrected chi connectivity index (χ3v) is 3.39. The predicted molar refractivity (Wildman–Crippen MR) is 88.1 cm³/mol. The molecule has 0 spiro atoms. The first-order valence-corrected chi connectivity index (χ1v) is 7.45. The Kier molecular flexibility index (Phi) is 5.54. The molecule has 1 aromatic carbocycles. The van der Waals surface area contributed by atoms with E-state index in [-0.39, 0.29) is 5.91 Å². The molecule has 2 aromatic rings. The number of ether oxygens (including phenoxy) is 1. The number of nitrogens with one attached hydrogen (secondary N) is 1. The number of carbonyl (C=O) groups is 2.